The lowest BCUT2D eigenvalue weighted by molar-refractivity contribution is 0.218. The summed E-state index contributed by atoms with van der Waals surface area (Å²) in [5.41, 5.74) is 0. The third-order valence-corrected chi connectivity index (χ3v) is 3.00. The summed E-state index contributed by atoms with van der Waals surface area (Å²) < 4.78 is 12.7. The monoisotopic (exact) mass is 210 g/mol. The van der Waals surface area contributed by atoms with Crippen molar-refractivity contribution < 1.29 is 4.74 Å². The number of hydrogen-bond donors (Lipinski definition) is 0. The topological polar surface area (TPSA) is 35.0 Å². The van der Waals surface area contributed by atoms with Crippen LogP contribution < -0.4 is 0 Å². The summed E-state index contributed by atoms with van der Waals surface area (Å²) in [6.45, 7) is 0.707. The lowest BCUT2D eigenvalue weighted by atomic mass is 10.9. The van der Waals surface area contributed by atoms with Crippen molar-refractivity contribution in [2.75, 3.05) is 19.5 Å². The van der Waals surface area contributed by atoms with Crippen LogP contribution in [-0.2, 0) is 4.74 Å². The van der Waals surface area contributed by atoms with Crippen molar-refractivity contribution in [1.82, 2.24) is 8.75 Å². The highest BCUT2D eigenvalue weighted by atomic mass is 35.5. The average Bonchev–Trinajstić information content (AvgIpc) is 2.37. The average molecular weight is 211 g/mol. The quantitative estimate of drug-likeness (QED) is 0.562. The van der Waals surface area contributed by atoms with Gasteiger partial charge in [-0.15, -0.1) is 0 Å². The number of methoxy groups -OCH3 is 1. The minimum absolute atomic E-state index is 0.496. The zero-order valence-corrected chi connectivity index (χ0v) is 8.30. The van der Waals surface area contributed by atoms with Crippen LogP contribution in [0, 0.1) is 0 Å². The molecule has 1 aromatic rings. The Morgan fingerprint density at radius 1 is 1.64 bits per heavy atom. The van der Waals surface area contributed by atoms with Crippen molar-refractivity contribution in [3.63, 3.8) is 0 Å². The van der Waals surface area contributed by atoms with E-state index >= 15 is 0 Å². The minimum Gasteiger partial charge on any atom is -0.384 e. The first-order valence-corrected chi connectivity index (χ1v) is 5.03. The fraction of sp³-hybridized carbons (Fsp3) is 0.600. The van der Waals surface area contributed by atoms with Gasteiger partial charge in [-0.1, -0.05) is 23.4 Å². The highest BCUT2D eigenvalue weighted by Gasteiger charge is 2.04. The van der Waals surface area contributed by atoms with Gasteiger partial charge in [0.1, 0.15) is 5.03 Å². The van der Waals surface area contributed by atoms with E-state index in [2.05, 4.69) is 8.75 Å². The molecule has 0 amide bonds. The van der Waals surface area contributed by atoms with Gasteiger partial charge in [0.05, 0.1) is 18.3 Å². The van der Waals surface area contributed by atoms with E-state index in [1.165, 1.54) is 0 Å². The van der Waals surface area contributed by atoms with Crippen LogP contribution in [0.15, 0.2) is 5.03 Å². The van der Waals surface area contributed by atoms with Gasteiger partial charge in [0, 0.05) is 12.9 Å². The molecule has 3 nitrogen and oxygen atoms in total. The van der Waals surface area contributed by atoms with Crippen LogP contribution in [0.2, 0.25) is 5.15 Å². The number of hydrogen-bond acceptors (Lipinski definition) is 5. The van der Waals surface area contributed by atoms with E-state index < -0.39 is 0 Å². The molecule has 1 rings (SSSR count). The highest BCUT2D eigenvalue weighted by molar-refractivity contribution is 7.99. The first-order chi connectivity index (χ1) is 5.34. The zero-order valence-electron chi connectivity index (χ0n) is 5.91. The molecule has 0 aliphatic rings. The zero-order chi connectivity index (χ0) is 8.10. The molecule has 11 heavy (non-hydrogen) atoms. The third kappa shape index (κ3) is 2.94. The van der Waals surface area contributed by atoms with E-state index in [1.54, 1.807) is 18.9 Å². The van der Waals surface area contributed by atoms with Crippen molar-refractivity contribution in [2.24, 2.45) is 0 Å². The van der Waals surface area contributed by atoms with Gasteiger partial charge in [0.25, 0.3) is 0 Å². The molecule has 0 N–H and O–H groups in total. The molecular formula is C5H7ClN2OS2. The van der Waals surface area contributed by atoms with Crippen LogP contribution in [-0.4, -0.2) is 28.2 Å². The number of aromatic nitrogens is 2. The summed E-state index contributed by atoms with van der Waals surface area (Å²) in [5.74, 6) is 0.863. The van der Waals surface area contributed by atoms with Crippen LogP contribution in [0.25, 0.3) is 0 Å². The Labute approximate surface area is 78.4 Å². The van der Waals surface area contributed by atoms with Crippen LogP contribution in [0.3, 0.4) is 0 Å². The van der Waals surface area contributed by atoms with Gasteiger partial charge >= 0.3 is 0 Å². The van der Waals surface area contributed by atoms with Gasteiger partial charge in [-0.2, -0.15) is 8.75 Å². The summed E-state index contributed by atoms with van der Waals surface area (Å²) in [6.07, 6.45) is 0. The summed E-state index contributed by atoms with van der Waals surface area (Å²) in [4.78, 5) is 0. The highest BCUT2D eigenvalue weighted by Crippen LogP contribution is 2.23. The van der Waals surface area contributed by atoms with Gasteiger partial charge in [0.2, 0.25) is 0 Å². The molecule has 0 aliphatic heterocycles. The predicted molar refractivity (Wildman–Crippen MR) is 47.5 cm³/mol. The minimum atomic E-state index is 0.496. The molecule has 0 fully saturated rings. The molecule has 0 aliphatic carbocycles. The maximum atomic E-state index is 5.69. The van der Waals surface area contributed by atoms with Crippen molar-refractivity contribution in [2.45, 2.75) is 5.03 Å². The van der Waals surface area contributed by atoms with Gasteiger partial charge < -0.3 is 4.74 Å². The Bertz CT molecular complexity index is 218. The molecule has 0 spiro atoms. The molecule has 1 heterocycles. The smallest absolute Gasteiger partial charge is 0.176 e. The Hall–Kier alpha value is 0.160. The Morgan fingerprint density at radius 2 is 2.45 bits per heavy atom. The summed E-state index contributed by atoms with van der Waals surface area (Å²) in [6, 6.07) is 0. The molecule has 0 aromatic carbocycles. The lowest BCUT2D eigenvalue weighted by Crippen LogP contribution is -1.90. The predicted octanol–water partition coefficient (Wildman–Crippen LogP) is 1.93. The molecule has 0 unspecified atom stereocenters. The number of halogens is 1. The van der Waals surface area contributed by atoms with Crippen molar-refractivity contribution >= 4 is 35.1 Å². The fourth-order valence-electron chi connectivity index (χ4n) is 0.478. The van der Waals surface area contributed by atoms with Crippen molar-refractivity contribution in [3.8, 4) is 0 Å². The number of rotatable bonds is 4. The van der Waals surface area contributed by atoms with E-state index in [0.29, 0.717) is 11.8 Å². The summed E-state index contributed by atoms with van der Waals surface area (Å²) in [5, 5.41) is 1.30. The van der Waals surface area contributed by atoms with Gasteiger partial charge in [0.15, 0.2) is 5.15 Å². The van der Waals surface area contributed by atoms with Crippen LogP contribution in [0.1, 0.15) is 0 Å². The SMILES string of the molecule is COCCSc1nsnc1Cl. The van der Waals surface area contributed by atoms with Crippen LogP contribution in [0.5, 0.6) is 0 Å². The second-order valence-electron chi connectivity index (χ2n) is 1.70. The standard InChI is InChI=1S/C5H7ClN2OS2/c1-9-2-3-10-5-4(6)7-11-8-5/h2-3H2,1H3. The largest absolute Gasteiger partial charge is 0.384 e. The molecule has 0 atom stereocenters. The maximum Gasteiger partial charge on any atom is 0.176 e. The second kappa shape index (κ2) is 4.92. The number of nitrogens with zero attached hydrogens (tertiary/aromatic N) is 2. The Balaban J connectivity index is 2.32. The molecule has 0 saturated heterocycles. The second-order valence-corrected chi connectivity index (χ2v) is 3.67. The third-order valence-electron chi connectivity index (χ3n) is 0.947. The number of ether oxygens (including phenoxy) is 1. The first-order valence-electron chi connectivity index (χ1n) is 2.94. The Morgan fingerprint density at radius 3 is 3.00 bits per heavy atom. The molecule has 6 heteroatoms. The van der Waals surface area contributed by atoms with Gasteiger partial charge in [-0.3, -0.25) is 0 Å². The van der Waals surface area contributed by atoms with Crippen LogP contribution >= 0.6 is 35.1 Å². The normalized spacial score (nSPS) is 10.4. The summed E-state index contributed by atoms with van der Waals surface area (Å²) in [7, 11) is 1.67. The van der Waals surface area contributed by atoms with E-state index in [4.69, 9.17) is 16.3 Å². The van der Waals surface area contributed by atoms with Crippen LogP contribution in [0.4, 0.5) is 0 Å². The van der Waals surface area contributed by atoms with Gasteiger partial charge in [-0.05, 0) is 0 Å². The van der Waals surface area contributed by atoms with E-state index in [-0.39, 0.29) is 0 Å². The van der Waals surface area contributed by atoms with E-state index in [1.807, 2.05) is 0 Å². The number of thioether (sulfide) groups is 1. The van der Waals surface area contributed by atoms with Crippen molar-refractivity contribution in [3.05, 3.63) is 5.15 Å². The van der Waals surface area contributed by atoms with Crippen molar-refractivity contribution in [1.29, 1.82) is 0 Å². The molecular weight excluding hydrogens is 204 g/mol. The fourth-order valence-corrected chi connectivity index (χ4v) is 2.16. The van der Waals surface area contributed by atoms with Gasteiger partial charge in [-0.25, -0.2) is 0 Å². The molecule has 0 radical (unpaired) electrons. The first kappa shape index (κ1) is 9.25. The Kier molecular flexibility index (Phi) is 4.14. The molecule has 0 bridgehead atoms. The maximum absolute atomic E-state index is 5.69. The summed E-state index contributed by atoms with van der Waals surface area (Å²) >= 11 is 8.38. The lowest BCUT2D eigenvalue weighted by Gasteiger charge is -1.94. The molecule has 1 aromatic heterocycles. The molecule has 62 valence electrons. The molecule has 0 saturated carbocycles. The van der Waals surface area contributed by atoms with E-state index in [0.717, 1.165) is 22.5 Å². The van der Waals surface area contributed by atoms with E-state index in [9.17, 15) is 0 Å².